The molecule has 146 heavy (non-hydrogen) atoms. The average Bonchev–Trinajstić information content (AvgIpc) is 0.668. The Kier molecular flexibility index (Phi) is 41.2. The Hall–Kier alpha value is -13.0. The molecule has 48 heteroatoms. The van der Waals surface area contributed by atoms with Crippen LogP contribution in [-0.2, 0) is 29.6 Å². The molecule has 15 rings (SSSR count). The Bertz CT molecular complexity index is 6940. The van der Waals surface area contributed by atoms with Crippen LogP contribution in [0.3, 0.4) is 0 Å². The number of aromatic nitrogens is 6. The molecule has 0 aliphatic heterocycles. The summed E-state index contributed by atoms with van der Waals surface area (Å²) in [5.41, 5.74) is 25.5. The van der Waals surface area contributed by atoms with Crippen molar-refractivity contribution in [2.24, 2.45) is 5.73 Å². The second-order valence-corrected chi connectivity index (χ2v) is 41.0. The van der Waals surface area contributed by atoms with Gasteiger partial charge in [-0.1, -0.05) is 122 Å². The molecule has 0 unspecified atom stereocenters. The van der Waals surface area contributed by atoms with E-state index in [4.69, 9.17) is 37.6 Å². The van der Waals surface area contributed by atoms with Gasteiger partial charge in [0.2, 0.25) is 20.0 Å². The second-order valence-electron chi connectivity index (χ2n) is 33.8. The summed E-state index contributed by atoms with van der Waals surface area (Å²) >= 11 is 13.7. The lowest BCUT2D eigenvalue weighted by Gasteiger charge is -2.28. The number of halogens is 12. The third-order valence-corrected chi connectivity index (χ3v) is 29.0. The number of aromatic carboxylic acids is 1. The first-order valence-corrected chi connectivity index (χ1v) is 50.2. The maximum Gasteiger partial charge on any atom is 0.373 e. The molecule has 33 nitrogen and oxygen atoms in total. The minimum absolute atomic E-state index is 0.0346. The Morgan fingerprint density at radius 2 is 0.808 bits per heavy atom. The highest BCUT2D eigenvalue weighted by Gasteiger charge is 2.38. The predicted octanol–water partition coefficient (Wildman–Crippen LogP) is 18.2. The molecule has 3 aromatic heterocycles. The summed E-state index contributed by atoms with van der Waals surface area (Å²) in [4.78, 5) is 100. The number of nitrogens with zero attached hydrogens (tertiary/aromatic N) is 10. The van der Waals surface area contributed by atoms with Crippen molar-refractivity contribution in [1.82, 2.24) is 49.1 Å². The van der Waals surface area contributed by atoms with Gasteiger partial charge in [-0.3, -0.25) is 29.8 Å². The number of hydrogen-bond donors (Lipinski definition) is 11. The zero-order chi connectivity index (χ0) is 107. The number of benzene rings is 9. The van der Waals surface area contributed by atoms with E-state index in [0.717, 1.165) is 93.7 Å². The molecule has 3 fully saturated rings. The van der Waals surface area contributed by atoms with Gasteiger partial charge >= 0.3 is 12.1 Å². The third kappa shape index (κ3) is 30.6. The Labute approximate surface area is 861 Å². The van der Waals surface area contributed by atoms with E-state index >= 15 is 8.78 Å². The van der Waals surface area contributed by atoms with Crippen molar-refractivity contribution in [3.05, 3.63) is 326 Å². The number of thiol groups is 1. The van der Waals surface area contributed by atoms with Crippen molar-refractivity contribution in [2.45, 2.75) is 165 Å². The summed E-state index contributed by atoms with van der Waals surface area (Å²) in [5, 5.41) is 65.8. The molecule has 0 radical (unpaired) electrons. The van der Waals surface area contributed by atoms with Gasteiger partial charge in [0.15, 0.2) is 9.79 Å². The number of likely N-dealkylation sites (N-methyl/N-ethyl adjacent to an activating group) is 2. The van der Waals surface area contributed by atoms with E-state index in [-0.39, 0.29) is 112 Å². The van der Waals surface area contributed by atoms with Crippen LogP contribution < -0.4 is 33.6 Å². The van der Waals surface area contributed by atoms with E-state index in [1.807, 2.05) is 37.3 Å². The number of carbonyl (C=O) groups excluding carboxylic acids is 4. The highest BCUT2D eigenvalue weighted by atomic mass is 79.9. The van der Waals surface area contributed by atoms with Gasteiger partial charge in [-0.2, -0.15) is 18.2 Å². The normalized spacial score (nSPS) is 18.1. The van der Waals surface area contributed by atoms with Crippen LogP contribution in [0, 0.1) is 55.1 Å². The standard InChI is InChI=1S/C32H30BrF3N6O6S.C27H28BrF3N4O2.C17H17F2N3O3.C15H15BrFN3O4S.C6H6S.CO2/c1-41(49(47,48)29-5-3-2-4-27(29)42(45)46)16-26(19-10-20(33)14-21(34)11-19)40-32(44)22-8-6-18(13-23(22)35)30-31(37)38-15-25(39-30)17-7-9-28(43)24(36)12-17;1-2-3-22(16-8-17(28)12-18(29)9-16)35-27(37)19-6-4-15(11-20(19)30)25-26(32)33-13-23(34-25)14-5-7-24(36)21(31)10-14;18-11-6-9(1-3-10(11)17(24)25)15-16(20)21-7-13(22-15)8-2-4-14(23)12(19)5-8;1-19(9-13(18)10-6-11(16)8-12(17)7-10)25(23,24)15-5-3-2-4-14(15)20(21)22;7-6-4-2-1-3-5-6;2-1-3/h2-6,8,10-11,13-15,17,24,26,28,43H,7,9,12,16H2,1H3,(H2,37,38)(H,40,44);4,6,8-9,11-14,21-22,24,36H,2-3,5,7,10H2,1H3,(H2,32,33)(H,35,37);1,3,6-8,12,14,23H,2,4-5H2,(H2,20,21)(H,24,25);2-8,13H,9,18H2,1H3;1-5,7H;/t17-,24-,26+,28-;14-,21-,22+,24-;8-,12-,14-;13-;;/m0001../s1. The smallest absolute Gasteiger partial charge is 0.373 e. The number of nitrogens with one attached hydrogen (secondary N) is 2. The fourth-order valence-electron chi connectivity index (χ4n) is 16.0. The summed E-state index contributed by atoms with van der Waals surface area (Å²) < 4.78 is 184. The fraction of sp³-hybridized carbons (Fsp3) is 0.286. The number of nitrogens with two attached hydrogens (primary N) is 4. The maximum atomic E-state index is 15.6. The van der Waals surface area contributed by atoms with E-state index in [2.05, 4.69) is 101 Å². The van der Waals surface area contributed by atoms with Crippen molar-refractivity contribution in [1.29, 1.82) is 0 Å². The molecule has 12 aromatic rings. The van der Waals surface area contributed by atoms with Crippen LogP contribution in [0.5, 0.6) is 0 Å². The number of rotatable bonds is 26. The number of nitrogen functional groups attached to an aromatic ring is 3. The Morgan fingerprint density at radius 3 is 1.13 bits per heavy atom. The van der Waals surface area contributed by atoms with Crippen LogP contribution in [0.4, 0.5) is 68.3 Å². The number of carboxylic acids is 1. The molecule has 9 aromatic carbocycles. The molecule has 3 heterocycles. The first kappa shape index (κ1) is 115. The number of carbonyl (C=O) groups is 3. The number of para-hydroxylation sites is 2. The molecular formula is C98H96Br3F9N16O17S3. The second kappa shape index (κ2) is 52.4. The number of nitro benzene ring substituents is 2. The molecule has 14 N–H and O–H groups in total. The van der Waals surface area contributed by atoms with Crippen molar-refractivity contribution in [3.8, 4) is 33.8 Å². The van der Waals surface area contributed by atoms with Gasteiger partial charge in [0.05, 0.1) is 92.6 Å². The van der Waals surface area contributed by atoms with E-state index in [1.54, 1.807) is 12.1 Å². The highest BCUT2D eigenvalue weighted by Crippen LogP contribution is 2.41. The van der Waals surface area contributed by atoms with Gasteiger partial charge in [-0.25, -0.2) is 91.0 Å². The lowest BCUT2D eigenvalue weighted by atomic mass is 9.84. The topological polar surface area (TPSA) is 533 Å². The molecule has 0 spiro atoms. The van der Waals surface area contributed by atoms with Crippen molar-refractivity contribution >= 4 is 133 Å². The first-order valence-electron chi connectivity index (χ1n) is 44.5. The van der Waals surface area contributed by atoms with Gasteiger partial charge in [-0.05, 0) is 196 Å². The Balaban J connectivity index is 0.000000199. The lowest BCUT2D eigenvalue weighted by Crippen LogP contribution is -2.39. The summed E-state index contributed by atoms with van der Waals surface area (Å²) in [6, 6.07) is 40.2. The number of amides is 2. The molecule has 772 valence electrons. The monoisotopic (exact) mass is 2270 g/mol. The van der Waals surface area contributed by atoms with Gasteiger partial charge in [0.1, 0.15) is 88.0 Å². The van der Waals surface area contributed by atoms with Crippen LogP contribution in [0.25, 0.3) is 33.8 Å². The lowest BCUT2D eigenvalue weighted by molar-refractivity contribution is -0.388. The van der Waals surface area contributed by atoms with E-state index in [1.165, 1.54) is 105 Å². The first-order chi connectivity index (χ1) is 69.1. The molecular weight excluding hydrogens is 2180 g/mol. The summed E-state index contributed by atoms with van der Waals surface area (Å²) in [7, 11) is -6.23. The molecule has 0 bridgehead atoms. The molecule has 3 aliphatic carbocycles. The minimum Gasteiger partial charge on any atom is -0.478 e. The molecule has 0 saturated heterocycles. The van der Waals surface area contributed by atoms with Gasteiger partial charge in [-0.15, -0.1) is 12.6 Å². The van der Waals surface area contributed by atoms with Crippen LogP contribution in [0.1, 0.15) is 178 Å². The quantitative estimate of drug-likeness (QED) is 0.0104. The average molecular weight is 2280 g/mol. The number of alkyl halides is 3. The molecule has 3 saturated carbocycles. The zero-order valence-corrected chi connectivity index (χ0v) is 84.7. The van der Waals surface area contributed by atoms with Crippen LogP contribution in [0.2, 0.25) is 0 Å². The van der Waals surface area contributed by atoms with E-state index in [9.17, 15) is 97.5 Å². The number of nitro groups is 2. The number of sulfonamides is 2. The summed E-state index contributed by atoms with van der Waals surface area (Å²) in [6.07, 6.45) is 1.51. The number of aliphatic hydroxyl groups is 3. The van der Waals surface area contributed by atoms with Crippen molar-refractivity contribution < 1.29 is 111 Å². The number of aliphatic hydroxyl groups excluding tert-OH is 3. The summed E-state index contributed by atoms with van der Waals surface area (Å²) in [5.74, 6) is -8.00. The van der Waals surface area contributed by atoms with Gasteiger partial charge < -0.3 is 54.0 Å². The number of hydrogen-bond acceptors (Lipinski definition) is 27. The highest BCUT2D eigenvalue weighted by molar-refractivity contribution is 9.11. The fourth-order valence-corrected chi connectivity index (χ4v) is 20.3. The van der Waals surface area contributed by atoms with Gasteiger partial charge in [0, 0.05) is 98.1 Å². The van der Waals surface area contributed by atoms with Crippen LogP contribution >= 0.6 is 60.4 Å². The van der Waals surface area contributed by atoms with E-state index < -0.39 is 176 Å². The molecule has 12 atom stereocenters. The minimum atomic E-state index is -4.50. The Morgan fingerprint density at radius 1 is 0.486 bits per heavy atom. The summed E-state index contributed by atoms with van der Waals surface area (Å²) in [6.45, 7) is 1.24. The molecule has 2 amide bonds. The van der Waals surface area contributed by atoms with Crippen molar-refractivity contribution in [3.63, 3.8) is 0 Å². The number of carboxylic acid groups (broad SMARTS) is 1. The maximum absolute atomic E-state index is 15.6. The third-order valence-electron chi connectivity index (χ3n) is 23.6. The van der Waals surface area contributed by atoms with Crippen LogP contribution in [0.15, 0.2) is 235 Å². The van der Waals surface area contributed by atoms with Gasteiger partial charge in [0.25, 0.3) is 23.2 Å². The zero-order valence-electron chi connectivity index (χ0n) is 77.4. The SMILES string of the molecule is CCC[C@@H](NC(=O)c1ccc(-c2nc([C@H]3CC[C@H](O)[C@@H](F)C3)cnc2N)cc1F)c1cc(F)cc(Br)c1.CN(C[C@@H](N)c1cc(F)cc(Br)c1)S(=O)(=O)c1ccccc1[N+](=O)[O-].CN(C[C@@H](NC(=O)c1ccc(-c2nc([C@H]3CC[C@H](O)[C@@H](F)C3)cnc2N)cc1F)c1cc(F)cc(Br)c1)S(=O)(=O)c1ccccc1[N+](=O)[O-].Nc1ncc([C@H]2CC[C@H](O)[C@@H](F)C2)nc1-c1ccc(C(=O)O)c(F)c1.O=C=O.Sc1ccccc1. The van der Waals surface area contributed by atoms with E-state index in [0.29, 0.717) is 86.8 Å². The van der Waals surface area contributed by atoms with Crippen LogP contribution in [-0.4, -0.2) is 174 Å². The van der Waals surface area contributed by atoms with Crippen molar-refractivity contribution in [2.75, 3.05) is 44.4 Å². The largest absolute Gasteiger partial charge is 0.478 e. The predicted molar refractivity (Wildman–Crippen MR) is 534 cm³/mol. The number of anilines is 3. The molecule has 3 aliphatic rings.